The van der Waals surface area contributed by atoms with Crippen molar-refractivity contribution in [1.29, 1.82) is 0 Å². The molecule has 0 N–H and O–H groups in total. The van der Waals surface area contributed by atoms with Crippen molar-refractivity contribution in [2.24, 2.45) is 0 Å². The van der Waals surface area contributed by atoms with E-state index in [9.17, 15) is 4.39 Å². The van der Waals surface area contributed by atoms with Crippen LogP contribution < -0.4 is 0 Å². The molecule has 4 heteroatoms. The zero-order valence-electron chi connectivity index (χ0n) is 3.73. The molecule has 0 bridgehead atoms. The fourth-order valence-electron chi connectivity index (χ4n) is 0.266. The van der Waals surface area contributed by atoms with Gasteiger partial charge >= 0.3 is 0 Å². The first-order valence-corrected chi connectivity index (χ1v) is 2.65. The summed E-state index contributed by atoms with van der Waals surface area (Å²) in [5.41, 5.74) is 0. The van der Waals surface area contributed by atoms with Crippen LogP contribution in [0.2, 0.25) is 0 Å². The van der Waals surface area contributed by atoms with Gasteiger partial charge in [0.25, 0.3) is 0 Å². The summed E-state index contributed by atoms with van der Waals surface area (Å²) in [5.74, 6) is -0.444. The molecule has 0 saturated carbocycles. The molecule has 0 saturated heterocycles. The second-order valence-electron chi connectivity index (χ2n) is 1.11. The maximum absolute atomic E-state index is 12.1. The van der Waals surface area contributed by atoms with Crippen molar-refractivity contribution in [2.75, 3.05) is 0 Å². The Kier molecular flexibility index (Phi) is 1.53. The van der Waals surface area contributed by atoms with Gasteiger partial charge in [-0.05, 0) is 15.9 Å². The minimum atomic E-state index is -0.444. The number of hydrogen-bond donors (Lipinski definition) is 0. The van der Waals surface area contributed by atoms with Gasteiger partial charge in [0.1, 0.15) is 6.20 Å². The SMILES string of the molecule is Fc1c[c]nnc1Br. The average Bonchev–Trinajstić information content (AvgIpc) is 1.77. The van der Waals surface area contributed by atoms with Gasteiger partial charge in [-0.1, -0.05) is 0 Å². The van der Waals surface area contributed by atoms with Crippen LogP contribution in [0.5, 0.6) is 0 Å². The molecule has 1 rings (SSSR count). The third-order valence-corrected chi connectivity index (χ3v) is 1.12. The van der Waals surface area contributed by atoms with Crippen LogP contribution >= 0.6 is 15.9 Å². The van der Waals surface area contributed by atoms with Crippen LogP contribution in [0.1, 0.15) is 0 Å². The van der Waals surface area contributed by atoms with Gasteiger partial charge in [0, 0.05) is 6.07 Å². The predicted molar refractivity (Wildman–Crippen MR) is 28.5 cm³/mol. The molecule has 0 aromatic carbocycles. The molecule has 2 nitrogen and oxygen atoms in total. The molecule has 1 aromatic heterocycles. The quantitative estimate of drug-likeness (QED) is 0.592. The maximum Gasteiger partial charge on any atom is 0.164 e. The minimum absolute atomic E-state index is 0.122. The molecule has 41 valence electrons. The number of hydrogen-bond acceptors (Lipinski definition) is 2. The lowest BCUT2D eigenvalue weighted by Crippen LogP contribution is -1.84. The van der Waals surface area contributed by atoms with Gasteiger partial charge in [-0.25, -0.2) is 4.39 Å². The van der Waals surface area contributed by atoms with Crippen molar-refractivity contribution in [3.05, 3.63) is 22.7 Å². The van der Waals surface area contributed by atoms with Gasteiger partial charge in [0.2, 0.25) is 0 Å². The highest BCUT2D eigenvalue weighted by Crippen LogP contribution is 2.06. The second kappa shape index (κ2) is 2.17. The fraction of sp³-hybridized carbons (Fsp3) is 0. The van der Waals surface area contributed by atoms with Gasteiger partial charge in [0.05, 0.1) is 0 Å². The minimum Gasteiger partial charge on any atom is -0.204 e. The van der Waals surface area contributed by atoms with E-state index in [0.29, 0.717) is 0 Å². The van der Waals surface area contributed by atoms with E-state index in [0.717, 1.165) is 6.07 Å². The van der Waals surface area contributed by atoms with Crippen LogP contribution in [0.25, 0.3) is 0 Å². The summed E-state index contributed by atoms with van der Waals surface area (Å²) in [7, 11) is 0. The van der Waals surface area contributed by atoms with E-state index in [2.05, 4.69) is 32.3 Å². The fourth-order valence-corrected chi connectivity index (χ4v) is 0.459. The van der Waals surface area contributed by atoms with Crippen LogP contribution in [-0.4, -0.2) is 10.2 Å². The summed E-state index contributed by atoms with van der Waals surface area (Å²) in [4.78, 5) is 0. The highest BCUT2D eigenvalue weighted by molar-refractivity contribution is 9.10. The monoisotopic (exact) mass is 175 g/mol. The number of aromatic nitrogens is 2. The molecule has 0 aliphatic rings. The van der Waals surface area contributed by atoms with Gasteiger partial charge in [-0.3, -0.25) is 0 Å². The van der Waals surface area contributed by atoms with E-state index in [4.69, 9.17) is 0 Å². The van der Waals surface area contributed by atoms with Crippen molar-refractivity contribution in [3.8, 4) is 0 Å². The van der Waals surface area contributed by atoms with Crippen molar-refractivity contribution < 1.29 is 4.39 Å². The van der Waals surface area contributed by atoms with E-state index >= 15 is 0 Å². The summed E-state index contributed by atoms with van der Waals surface area (Å²) in [6, 6.07) is 1.11. The first-order valence-electron chi connectivity index (χ1n) is 1.85. The van der Waals surface area contributed by atoms with E-state index < -0.39 is 5.82 Å². The Morgan fingerprint density at radius 3 is 2.88 bits per heavy atom. The van der Waals surface area contributed by atoms with Crippen LogP contribution in [0.4, 0.5) is 4.39 Å². The number of nitrogens with zero attached hydrogens (tertiary/aromatic N) is 2. The smallest absolute Gasteiger partial charge is 0.164 e. The molecule has 0 atom stereocenters. The second-order valence-corrected chi connectivity index (χ2v) is 1.86. The highest BCUT2D eigenvalue weighted by Gasteiger charge is 1.94. The molecule has 0 unspecified atom stereocenters. The lowest BCUT2D eigenvalue weighted by Gasteiger charge is -1.84. The summed E-state index contributed by atoms with van der Waals surface area (Å²) in [5, 5.41) is 6.60. The molecular formula is C4HBrFN2. The van der Waals surface area contributed by atoms with Gasteiger partial charge < -0.3 is 0 Å². The Labute approximate surface area is 53.9 Å². The van der Waals surface area contributed by atoms with Crippen LogP contribution in [0.3, 0.4) is 0 Å². The van der Waals surface area contributed by atoms with Gasteiger partial charge in [-0.2, -0.15) is 0 Å². The van der Waals surface area contributed by atoms with Crippen molar-refractivity contribution in [1.82, 2.24) is 10.2 Å². The number of halogens is 2. The van der Waals surface area contributed by atoms with Gasteiger partial charge in [0.15, 0.2) is 10.4 Å². The van der Waals surface area contributed by atoms with E-state index in [1.165, 1.54) is 0 Å². The van der Waals surface area contributed by atoms with Crippen LogP contribution in [-0.2, 0) is 0 Å². The number of rotatable bonds is 0. The highest BCUT2D eigenvalue weighted by atomic mass is 79.9. The molecule has 1 aromatic rings. The summed E-state index contributed by atoms with van der Waals surface area (Å²) in [6.45, 7) is 0. The average molecular weight is 176 g/mol. The largest absolute Gasteiger partial charge is 0.204 e. The molecule has 0 amide bonds. The van der Waals surface area contributed by atoms with Crippen molar-refractivity contribution in [3.63, 3.8) is 0 Å². The zero-order chi connectivity index (χ0) is 5.98. The van der Waals surface area contributed by atoms with E-state index in [1.54, 1.807) is 0 Å². The Balaban J connectivity index is 3.13. The summed E-state index contributed by atoms with van der Waals surface area (Å²) in [6.07, 6.45) is 2.24. The summed E-state index contributed by atoms with van der Waals surface area (Å²) >= 11 is 2.83. The summed E-state index contributed by atoms with van der Waals surface area (Å²) < 4.78 is 12.3. The molecule has 1 heterocycles. The first-order chi connectivity index (χ1) is 3.80. The van der Waals surface area contributed by atoms with Crippen molar-refractivity contribution >= 4 is 15.9 Å². The topological polar surface area (TPSA) is 25.8 Å². The molecule has 0 fully saturated rings. The Hall–Kier alpha value is -0.510. The van der Waals surface area contributed by atoms with Crippen LogP contribution in [0, 0.1) is 12.0 Å². The predicted octanol–water partition coefficient (Wildman–Crippen LogP) is 1.18. The third kappa shape index (κ3) is 1.01. The standard InChI is InChI=1S/C4HBrFN2/c5-4-3(6)1-2-7-8-4/h1H. The molecular weight excluding hydrogens is 175 g/mol. The first kappa shape index (κ1) is 5.62. The molecule has 0 spiro atoms. The lowest BCUT2D eigenvalue weighted by molar-refractivity contribution is 0.604. The zero-order valence-corrected chi connectivity index (χ0v) is 5.31. The molecule has 0 aliphatic heterocycles. The third-order valence-electron chi connectivity index (χ3n) is 0.584. The Bertz CT molecular complexity index is 170. The van der Waals surface area contributed by atoms with E-state index in [-0.39, 0.29) is 4.60 Å². The molecule has 1 radical (unpaired) electrons. The maximum atomic E-state index is 12.1. The molecule has 0 aliphatic carbocycles. The molecule has 8 heavy (non-hydrogen) atoms. The van der Waals surface area contributed by atoms with Crippen LogP contribution in [0.15, 0.2) is 10.7 Å². The Morgan fingerprint density at radius 2 is 2.50 bits per heavy atom. The van der Waals surface area contributed by atoms with E-state index in [1.807, 2.05) is 0 Å². The normalized spacial score (nSPS) is 9.25. The van der Waals surface area contributed by atoms with Crippen molar-refractivity contribution in [2.45, 2.75) is 0 Å². The van der Waals surface area contributed by atoms with Gasteiger partial charge in [-0.15, -0.1) is 10.2 Å². The Morgan fingerprint density at radius 1 is 1.75 bits per heavy atom. The lowest BCUT2D eigenvalue weighted by atomic mass is 10.6.